The summed E-state index contributed by atoms with van der Waals surface area (Å²) >= 11 is 0. The van der Waals surface area contributed by atoms with Crippen molar-refractivity contribution < 1.29 is 0 Å². The topological polar surface area (TPSA) is 53.6 Å². The van der Waals surface area contributed by atoms with E-state index in [9.17, 15) is 0 Å². The van der Waals surface area contributed by atoms with E-state index in [1.165, 1.54) is 43.4 Å². The standard InChI is InChI=1S/C16H22N4/c1-11-8-14(13-6-4-3-5-7-13)17-15(9-11)18-16-10-12(2)19-20-16/h8-10,13H,3-7H2,1-2H3,(H2,17,18,19,20). The molecule has 2 heterocycles. The van der Waals surface area contributed by atoms with Crippen molar-refractivity contribution in [2.45, 2.75) is 51.9 Å². The summed E-state index contributed by atoms with van der Waals surface area (Å²) in [5.41, 5.74) is 3.54. The Hall–Kier alpha value is -1.84. The third kappa shape index (κ3) is 3.00. The zero-order valence-electron chi connectivity index (χ0n) is 12.2. The molecule has 0 saturated heterocycles. The van der Waals surface area contributed by atoms with Gasteiger partial charge in [0.1, 0.15) is 5.82 Å². The Morgan fingerprint density at radius 1 is 1.05 bits per heavy atom. The largest absolute Gasteiger partial charge is 0.323 e. The highest BCUT2D eigenvalue weighted by Crippen LogP contribution is 2.32. The van der Waals surface area contributed by atoms with Gasteiger partial charge in [-0.2, -0.15) is 5.10 Å². The highest BCUT2D eigenvalue weighted by molar-refractivity contribution is 5.53. The summed E-state index contributed by atoms with van der Waals surface area (Å²) in [5.74, 6) is 2.36. The number of rotatable bonds is 3. The molecule has 1 aliphatic rings. The van der Waals surface area contributed by atoms with Crippen LogP contribution in [0.3, 0.4) is 0 Å². The minimum atomic E-state index is 0.630. The van der Waals surface area contributed by atoms with Crippen molar-refractivity contribution in [2.24, 2.45) is 0 Å². The molecule has 0 amide bonds. The molecule has 3 rings (SSSR count). The maximum absolute atomic E-state index is 4.80. The Bertz CT molecular complexity index is 582. The average molecular weight is 270 g/mol. The zero-order valence-corrected chi connectivity index (χ0v) is 12.2. The first-order chi connectivity index (χ1) is 9.70. The van der Waals surface area contributed by atoms with Gasteiger partial charge in [0.05, 0.1) is 0 Å². The van der Waals surface area contributed by atoms with E-state index in [2.05, 4.69) is 34.6 Å². The lowest BCUT2D eigenvalue weighted by Gasteiger charge is -2.22. The van der Waals surface area contributed by atoms with Gasteiger partial charge in [0, 0.05) is 23.4 Å². The summed E-state index contributed by atoms with van der Waals surface area (Å²) < 4.78 is 0. The Labute approximate surface area is 120 Å². The van der Waals surface area contributed by atoms with Crippen molar-refractivity contribution in [3.63, 3.8) is 0 Å². The number of nitrogens with one attached hydrogen (secondary N) is 2. The molecule has 2 aromatic rings. The van der Waals surface area contributed by atoms with Gasteiger partial charge in [0.15, 0.2) is 5.82 Å². The predicted molar refractivity (Wildman–Crippen MR) is 81.4 cm³/mol. The molecule has 0 unspecified atom stereocenters. The number of aromatic amines is 1. The van der Waals surface area contributed by atoms with Crippen molar-refractivity contribution in [1.82, 2.24) is 15.2 Å². The first-order valence-corrected chi connectivity index (χ1v) is 7.48. The Kier molecular flexibility index (Phi) is 3.72. The molecule has 20 heavy (non-hydrogen) atoms. The lowest BCUT2D eigenvalue weighted by atomic mass is 9.86. The van der Waals surface area contributed by atoms with Crippen LogP contribution in [-0.4, -0.2) is 15.2 Å². The van der Waals surface area contributed by atoms with Crippen molar-refractivity contribution in [3.8, 4) is 0 Å². The van der Waals surface area contributed by atoms with Crippen LogP contribution >= 0.6 is 0 Å². The first-order valence-electron chi connectivity index (χ1n) is 7.48. The maximum atomic E-state index is 4.80. The average Bonchev–Trinajstić information content (AvgIpc) is 2.84. The molecule has 4 heteroatoms. The second-order valence-corrected chi connectivity index (χ2v) is 5.85. The van der Waals surface area contributed by atoms with E-state index < -0.39 is 0 Å². The number of pyridine rings is 1. The molecule has 1 aliphatic carbocycles. The molecule has 0 atom stereocenters. The summed E-state index contributed by atoms with van der Waals surface area (Å²) in [6.45, 7) is 4.13. The summed E-state index contributed by atoms with van der Waals surface area (Å²) in [6, 6.07) is 6.30. The second-order valence-electron chi connectivity index (χ2n) is 5.85. The Morgan fingerprint density at radius 3 is 2.55 bits per heavy atom. The van der Waals surface area contributed by atoms with Gasteiger partial charge in [-0.25, -0.2) is 4.98 Å². The predicted octanol–water partition coefficient (Wildman–Crippen LogP) is 4.21. The van der Waals surface area contributed by atoms with E-state index in [0.717, 1.165) is 17.3 Å². The third-order valence-corrected chi connectivity index (χ3v) is 3.98. The number of H-pyrrole nitrogens is 1. The fourth-order valence-corrected chi connectivity index (χ4v) is 2.98. The van der Waals surface area contributed by atoms with Crippen LogP contribution in [0.25, 0.3) is 0 Å². The molecule has 0 radical (unpaired) electrons. The van der Waals surface area contributed by atoms with Crippen LogP contribution in [0.1, 0.15) is 55.0 Å². The molecule has 1 saturated carbocycles. The quantitative estimate of drug-likeness (QED) is 0.878. The van der Waals surface area contributed by atoms with E-state index in [0.29, 0.717) is 5.92 Å². The van der Waals surface area contributed by atoms with Gasteiger partial charge in [-0.15, -0.1) is 0 Å². The van der Waals surface area contributed by atoms with Crippen molar-refractivity contribution in [2.75, 3.05) is 5.32 Å². The van der Waals surface area contributed by atoms with Gasteiger partial charge in [0.25, 0.3) is 0 Å². The van der Waals surface area contributed by atoms with Crippen LogP contribution in [0.15, 0.2) is 18.2 Å². The molecular weight excluding hydrogens is 248 g/mol. The molecule has 0 bridgehead atoms. The second kappa shape index (κ2) is 5.65. The summed E-state index contributed by atoms with van der Waals surface area (Å²) in [4.78, 5) is 4.80. The lowest BCUT2D eigenvalue weighted by molar-refractivity contribution is 0.437. The smallest absolute Gasteiger partial charge is 0.153 e. The normalized spacial score (nSPS) is 16.3. The van der Waals surface area contributed by atoms with Gasteiger partial charge < -0.3 is 5.32 Å². The summed E-state index contributed by atoms with van der Waals surface area (Å²) in [7, 11) is 0. The molecule has 0 aromatic carbocycles. The number of nitrogens with zero attached hydrogens (tertiary/aromatic N) is 2. The van der Waals surface area contributed by atoms with Crippen molar-refractivity contribution in [3.05, 3.63) is 35.2 Å². The van der Waals surface area contributed by atoms with E-state index in [4.69, 9.17) is 4.98 Å². The van der Waals surface area contributed by atoms with Gasteiger partial charge in [-0.3, -0.25) is 5.10 Å². The Balaban J connectivity index is 1.82. The summed E-state index contributed by atoms with van der Waals surface area (Å²) in [5, 5.41) is 10.4. The highest BCUT2D eigenvalue weighted by atomic mass is 15.2. The number of hydrogen-bond donors (Lipinski definition) is 2. The fraction of sp³-hybridized carbons (Fsp3) is 0.500. The van der Waals surface area contributed by atoms with Gasteiger partial charge in [-0.1, -0.05) is 19.3 Å². The van der Waals surface area contributed by atoms with E-state index in [-0.39, 0.29) is 0 Å². The van der Waals surface area contributed by atoms with Crippen LogP contribution in [-0.2, 0) is 0 Å². The molecule has 1 fully saturated rings. The van der Waals surface area contributed by atoms with Crippen LogP contribution < -0.4 is 5.32 Å². The molecule has 2 aromatic heterocycles. The SMILES string of the molecule is Cc1cc(Nc2cc(C)[nH]n2)nc(C2CCCCC2)c1. The minimum absolute atomic E-state index is 0.630. The fourth-order valence-electron chi connectivity index (χ4n) is 2.98. The number of hydrogen-bond acceptors (Lipinski definition) is 3. The Morgan fingerprint density at radius 2 is 1.85 bits per heavy atom. The molecule has 0 aliphatic heterocycles. The number of anilines is 2. The van der Waals surface area contributed by atoms with Crippen LogP contribution in [0.2, 0.25) is 0 Å². The van der Waals surface area contributed by atoms with Crippen LogP contribution in [0.5, 0.6) is 0 Å². The minimum Gasteiger partial charge on any atom is -0.323 e. The number of aryl methyl sites for hydroxylation is 2. The lowest BCUT2D eigenvalue weighted by Crippen LogP contribution is -2.08. The van der Waals surface area contributed by atoms with Gasteiger partial charge in [0.2, 0.25) is 0 Å². The van der Waals surface area contributed by atoms with Crippen LogP contribution in [0, 0.1) is 13.8 Å². The van der Waals surface area contributed by atoms with Crippen molar-refractivity contribution in [1.29, 1.82) is 0 Å². The van der Waals surface area contributed by atoms with Gasteiger partial charge >= 0.3 is 0 Å². The highest BCUT2D eigenvalue weighted by Gasteiger charge is 2.17. The van der Waals surface area contributed by atoms with Crippen molar-refractivity contribution >= 4 is 11.6 Å². The molecule has 4 nitrogen and oxygen atoms in total. The number of aromatic nitrogens is 3. The first kappa shape index (κ1) is 13.2. The zero-order chi connectivity index (χ0) is 13.9. The van der Waals surface area contributed by atoms with E-state index >= 15 is 0 Å². The van der Waals surface area contributed by atoms with E-state index in [1.54, 1.807) is 0 Å². The monoisotopic (exact) mass is 270 g/mol. The molecule has 2 N–H and O–H groups in total. The molecule has 106 valence electrons. The summed E-state index contributed by atoms with van der Waals surface area (Å²) in [6.07, 6.45) is 6.60. The maximum Gasteiger partial charge on any atom is 0.153 e. The third-order valence-electron chi connectivity index (χ3n) is 3.98. The molecule has 0 spiro atoms. The van der Waals surface area contributed by atoms with E-state index in [1.807, 2.05) is 13.0 Å². The van der Waals surface area contributed by atoms with Crippen LogP contribution in [0.4, 0.5) is 11.6 Å². The van der Waals surface area contributed by atoms with Gasteiger partial charge in [-0.05, 0) is 44.4 Å². The molecular formula is C16H22N4.